The Bertz CT molecular complexity index is 510. The Morgan fingerprint density at radius 3 is 2.62 bits per heavy atom. The van der Waals surface area contributed by atoms with Gasteiger partial charge in [0, 0.05) is 30.8 Å². The zero-order valence-electron chi connectivity index (χ0n) is 12.7. The number of hydrogen-bond donors (Lipinski definition) is 2. The van der Waals surface area contributed by atoms with E-state index < -0.39 is 0 Å². The van der Waals surface area contributed by atoms with Crippen LogP contribution in [0.1, 0.15) is 40.5 Å². The molecule has 0 aromatic heterocycles. The van der Waals surface area contributed by atoms with Crippen molar-refractivity contribution in [3.63, 3.8) is 0 Å². The quantitative estimate of drug-likeness (QED) is 0.877. The van der Waals surface area contributed by atoms with Crippen molar-refractivity contribution in [1.29, 1.82) is 0 Å². The first kappa shape index (κ1) is 15.5. The maximum Gasteiger partial charge on any atom is 0.253 e. The van der Waals surface area contributed by atoms with E-state index in [9.17, 15) is 9.59 Å². The van der Waals surface area contributed by atoms with Crippen molar-refractivity contribution in [3.8, 4) is 0 Å². The molecule has 0 radical (unpaired) electrons. The molecule has 2 amide bonds. The summed E-state index contributed by atoms with van der Waals surface area (Å²) in [5.41, 5.74) is 1.10. The third kappa shape index (κ3) is 4.04. The molecule has 1 fully saturated rings. The minimum Gasteiger partial charge on any atom is -0.349 e. The molecular formula is C16H23N3O2. The fourth-order valence-electron chi connectivity index (χ4n) is 2.39. The van der Waals surface area contributed by atoms with Crippen molar-refractivity contribution in [1.82, 2.24) is 15.5 Å². The van der Waals surface area contributed by atoms with Crippen molar-refractivity contribution in [2.24, 2.45) is 0 Å². The summed E-state index contributed by atoms with van der Waals surface area (Å²) in [5, 5.41) is 6.31. The van der Waals surface area contributed by atoms with Gasteiger partial charge in [-0.2, -0.15) is 0 Å². The molecule has 21 heavy (non-hydrogen) atoms. The van der Waals surface area contributed by atoms with Crippen molar-refractivity contribution in [2.45, 2.75) is 25.8 Å². The van der Waals surface area contributed by atoms with Gasteiger partial charge < -0.3 is 15.5 Å². The van der Waals surface area contributed by atoms with Crippen LogP contribution in [-0.2, 0) is 0 Å². The molecule has 1 aliphatic heterocycles. The van der Waals surface area contributed by atoms with Crippen LogP contribution in [0.3, 0.4) is 0 Å². The van der Waals surface area contributed by atoms with Crippen LogP contribution in [-0.4, -0.2) is 49.4 Å². The molecule has 1 aliphatic rings. The van der Waals surface area contributed by atoms with Gasteiger partial charge in [-0.15, -0.1) is 0 Å². The number of benzene rings is 1. The van der Waals surface area contributed by atoms with E-state index in [1.54, 1.807) is 36.2 Å². The molecule has 2 rings (SSSR count). The number of carbonyl (C=O) groups excluding carboxylic acids is 2. The number of rotatable bonds is 4. The van der Waals surface area contributed by atoms with E-state index in [4.69, 9.17) is 0 Å². The Kier molecular flexibility index (Phi) is 5.33. The Morgan fingerprint density at radius 1 is 1.29 bits per heavy atom. The molecule has 0 aliphatic carbocycles. The third-order valence-corrected chi connectivity index (χ3v) is 3.87. The maximum atomic E-state index is 12.3. The van der Waals surface area contributed by atoms with Crippen LogP contribution in [0.25, 0.3) is 0 Å². The van der Waals surface area contributed by atoms with Crippen LogP contribution in [0.2, 0.25) is 0 Å². The minimum atomic E-state index is -0.101. The van der Waals surface area contributed by atoms with Crippen LogP contribution in [0.15, 0.2) is 24.3 Å². The Labute approximate surface area is 125 Å². The normalized spacial score (nSPS) is 15.5. The van der Waals surface area contributed by atoms with Crippen LogP contribution >= 0.6 is 0 Å². The molecule has 0 atom stereocenters. The average molecular weight is 289 g/mol. The number of amides is 2. The summed E-state index contributed by atoms with van der Waals surface area (Å²) < 4.78 is 0. The van der Waals surface area contributed by atoms with Gasteiger partial charge >= 0.3 is 0 Å². The standard InChI is InChI=1S/C16H23N3O2/c1-3-19(2)16(21)13-6-4-5-12(11-13)15(20)18-14-7-9-17-10-8-14/h4-6,11,14,17H,3,7-10H2,1-2H3,(H,18,20). The molecule has 0 saturated carbocycles. The number of carbonyl (C=O) groups is 2. The lowest BCUT2D eigenvalue weighted by Crippen LogP contribution is -2.42. The number of nitrogens with zero attached hydrogens (tertiary/aromatic N) is 1. The number of piperidine rings is 1. The highest BCUT2D eigenvalue weighted by atomic mass is 16.2. The molecule has 0 unspecified atom stereocenters. The van der Waals surface area contributed by atoms with Gasteiger partial charge in [0.1, 0.15) is 0 Å². The Hall–Kier alpha value is -1.88. The van der Waals surface area contributed by atoms with Crippen LogP contribution < -0.4 is 10.6 Å². The summed E-state index contributed by atoms with van der Waals surface area (Å²) in [6.45, 7) is 4.44. The fourth-order valence-corrected chi connectivity index (χ4v) is 2.39. The molecule has 1 aromatic rings. The monoisotopic (exact) mass is 289 g/mol. The molecule has 5 nitrogen and oxygen atoms in total. The second kappa shape index (κ2) is 7.22. The number of nitrogens with one attached hydrogen (secondary N) is 2. The second-order valence-corrected chi connectivity index (χ2v) is 5.40. The highest BCUT2D eigenvalue weighted by molar-refractivity contribution is 5.99. The smallest absolute Gasteiger partial charge is 0.253 e. The SMILES string of the molecule is CCN(C)C(=O)c1cccc(C(=O)NC2CCNCC2)c1. The van der Waals surface area contributed by atoms with Crippen molar-refractivity contribution in [2.75, 3.05) is 26.7 Å². The predicted molar refractivity (Wildman–Crippen MR) is 82.4 cm³/mol. The predicted octanol–water partition coefficient (Wildman–Crippen LogP) is 1.26. The van der Waals surface area contributed by atoms with Gasteiger partial charge in [0.05, 0.1) is 0 Å². The third-order valence-electron chi connectivity index (χ3n) is 3.87. The van der Waals surface area contributed by atoms with E-state index in [2.05, 4.69) is 10.6 Å². The average Bonchev–Trinajstić information content (AvgIpc) is 2.54. The van der Waals surface area contributed by atoms with Gasteiger partial charge in [0.2, 0.25) is 0 Å². The summed E-state index contributed by atoms with van der Waals surface area (Å²) in [7, 11) is 1.75. The summed E-state index contributed by atoms with van der Waals surface area (Å²) in [4.78, 5) is 26.0. The van der Waals surface area contributed by atoms with Gasteiger partial charge in [-0.25, -0.2) is 0 Å². The lowest BCUT2D eigenvalue weighted by molar-refractivity contribution is 0.0802. The minimum absolute atomic E-state index is 0.0611. The first-order chi connectivity index (χ1) is 10.1. The van der Waals surface area contributed by atoms with Gasteiger partial charge in [-0.1, -0.05) is 6.07 Å². The van der Waals surface area contributed by atoms with Crippen LogP contribution in [0.4, 0.5) is 0 Å². The molecule has 0 bridgehead atoms. The summed E-state index contributed by atoms with van der Waals surface area (Å²) in [5.74, 6) is -0.162. The van der Waals surface area contributed by atoms with Gasteiger partial charge in [-0.05, 0) is 51.1 Å². The first-order valence-corrected chi connectivity index (χ1v) is 7.49. The van der Waals surface area contributed by atoms with Crippen LogP contribution in [0, 0.1) is 0 Å². The zero-order chi connectivity index (χ0) is 15.2. The summed E-state index contributed by atoms with van der Waals surface area (Å²) in [6.07, 6.45) is 1.89. The lowest BCUT2D eigenvalue weighted by Gasteiger charge is -2.23. The highest BCUT2D eigenvalue weighted by Gasteiger charge is 2.17. The fraction of sp³-hybridized carbons (Fsp3) is 0.500. The molecule has 1 aromatic carbocycles. The van der Waals surface area contributed by atoms with E-state index in [1.807, 2.05) is 6.92 Å². The maximum absolute atomic E-state index is 12.3. The van der Waals surface area contributed by atoms with Gasteiger partial charge in [-0.3, -0.25) is 9.59 Å². The van der Waals surface area contributed by atoms with Crippen molar-refractivity contribution >= 4 is 11.8 Å². The molecule has 2 N–H and O–H groups in total. The largest absolute Gasteiger partial charge is 0.349 e. The molecule has 1 saturated heterocycles. The zero-order valence-corrected chi connectivity index (χ0v) is 12.7. The van der Waals surface area contributed by atoms with Crippen LogP contribution in [0.5, 0.6) is 0 Å². The topological polar surface area (TPSA) is 61.4 Å². The van der Waals surface area contributed by atoms with E-state index in [0.717, 1.165) is 25.9 Å². The first-order valence-electron chi connectivity index (χ1n) is 7.49. The van der Waals surface area contributed by atoms with E-state index in [1.165, 1.54) is 0 Å². The lowest BCUT2D eigenvalue weighted by atomic mass is 10.0. The van der Waals surface area contributed by atoms with Crippen molar-refractivity contribution in [3.05, 3.63) is 35.4 Å². The second-order valence-electron chi connectivity index (χ2n) is 5.40. The summed E-state index contributed by atoms with van der Waals surface area (Å²) in [6, 6.07) is 7.14. The van der Waals surface area contributed by atoms with Gasteiger partial charge in [0.15, 0.2) is 0 Å². The van der Waals surface area contributed by atoms with Crippen molar-refractivity contribution < 1.29 is 9.59 Å². The Balaban J connectivity index is 2.05. The van der Waals surface area contributed by atoms with E-state index >= 15 is 0 Å². The molecule has 1 heterocycles. The molecule has 5 heteroatoms. The highest BCUT2D eigenvalue weighted by Crippen LogP contribution is 2.10. The molecule has 0 spiro atoms. The molecular weight excluding hydrogens is 266 g/mol. The Morgan fingerprint density at radius 2 is 1.95 bits per heavy atom. The van der Waals surface area contributed by atoms with Gasteiger partial charge in [0.25, 0.3) is 11.8 Å². The number of hydrogen-bond acceptors (Lipinski definition) is 3. The van der Waals surface area contributed by atoms with E-state index in [-0.39, 0.29) is 17.9 Å². The molecule has 114 valence electrons. The van der Waals surface area contributed by atoms with E-state index in [0.29, 0.717) is 17.7 Å². The summed E-state index contributed by atoms with van der Waals surface area (Å²) >= 11 is 0.